The van der Waals surface area contributed by atoms with Crippen molar-refractivity contribution in [1.82, 2.24) is 9.88 Å². The maximum absolute atomic E-state index is 4.44. The summed E-state index contributed by atoms with van der Waals surface area (Å²) in [6.45, 7) is 9.90. The van der Waals surface area contributed by atoms with Gasteiger partial charge in [-0.2, -0.15) is 0 Å². The predicted molar refractivity (Wildman–Crippen MR) is 91.7 cm³/mol. The Morgan fingerprint density at radius 1 is 1.29 bits per heavy atom. The molecule has 2 bridgehead atoms. The average molecular weight is 301 g/mol. The lowest BCUT2D eigenvalue weighted by Gasteiger charge is -2.38. The first kappa shape index (κ1) is 14.4. The van der Waals surface area contributed by atoms with Crippen LogP contribution in [0.4, 0.5) is 0 Å². The molecule has 1 N–H and O–H groups in total. The minimum absolute atomic E-state index is 0. The highest BCUT2D eigenvalue weighted by atomic mass is 35.5. The molecule has 2 nitrogen and oxygen atoms in total. The van der Waals surface area contributed by atoms with E-state index in [9.17, 15) is 0 Å². The minimum atomic E-state index is 0. The smallest absolute Gasteiger partial charge is 0.0469 e. The van der Waals surface area contributed by atoms with Crippen molar-refractivity contribution in [2.24, 2.45) is 5.92 Å². The third kappa shape index (κ3) is 2.14. The van der Waals surface area contributed by atoms with Crippen LogP contribution in [0.25, 0.3) is 16.5 Å². The van der Waals surface area contributed by atoms with Gasteiger partial charge in [-0.3, -0.25) is 4.90 Å². The summed E-state index contributed by atoms with van der Waals surface area (Å²) in [4.78, 5) is 6.18. The highest BCUT2D eigenvalue weighted by molar-refractivity contribution is 5.90. The molecule has 5 rings (SSSR count). The van der Waals surface area contributed by atoms with E-state index in [0.717, 1.165) is 13.1 Å². The van der Waals surface area contributed by atoms with Crippen LogP contribution in [-0.4, -0.2) is 23.0 Å². The number of halogens is 1. The molecule has 3 aliphatic rings. The summed E-state index contributed by atoms with van der Waals surface area (Å²) in [7, 11) is 0. The molecule has 1 aromatic heterocycles. The van der Waals surface area contributed by atoms with Crippen LogP contribution >= 0.6 is 12.4 Å². The van der Waals surface area contributed by atoms with E-state index in [4.69, 9.17) is 0 Å². The van der Waals surface area contributed by atoms with Gasteiger partial charge in [0.25, 0.3) is 0 Å². The molecule has 0 radical (unpaired) electrons. The van der Waals surface area contributed by atoms with E-state index in [1.165, 1.54) is 46.3 Å². The molecule has 3 heteroatoms. The van der Waals surface area contributed by atoms with Gasteiger partial charge in [-0.15, -0.1) is 12.4 Å². The Bertz CT molecular complexity index is 726. The Morgan fingerprint density at radius 2 is 2.10 bits per heavy atom. The fourth-order valence-electron chi connectivity index (χ4n) is 3.81. The first-order valence-corrected chi connectivity index (χ1v) is 7.44. The number of allylic oxidation sites excluding steroid dienone is 2. The summed E-state index contributed by atoms with van der Waals surface area (Å²) < 4.78 is 0. The number of benzene rings is 1. The van der Waals surface area contributed by atoms with Crippen molar-refractivity contribution in [3.63, 3.8) is 0 Å². The van der Waals surface area contributed by atoms with Gasteiger partial charge < -0.3 is 4.98 Å². The van der Waals surface area contributed by atoms with Gasteiger partial charge in [-0.25, -0.2) is 0 Å². The fraction of sp³-hybridized carbons (Fsp3) is 0.333. The average Bonchev–Trinajstić information content (AvgIpc) is 2.83. The number of hydrogen-bond donors (Lipinski definition) is 1. The van der Waals surface area contributed by atoms with Gasteiger partial charge in [-0.05, 0) is 37.1 Å². The van der Waals surface area contributed by atoms with E-state index in [-0.39, 0.29) is 12.4 Å². The van der Waals surface area contributed by atoms with Crippen molar-refractivity contribution in [3.05, 3.63) is 53.8 Å². The largest absolute Gasteiger partial charge is 0.355 e. The summed E-state index contributed by atoms with van der Waals surface area (Å²) in [5, 5.41) is 1.36. The quantitative estimate of drug-likeness (QED) is 0.715. The summed E-state index contributed by atoms with van der Waals surface area (Å²) in [5.74, 6) is 0.517. The number of nitrogens with one attached hydrogen (secondary N) is 1. The lowest BCUT2D eigenvalue weighted by Crippen LogP contribution is -2.37. The van der Waals surface area contributed by atoms with E-state index in [0.29, 0.717) is 5.92 Å². The predicted octanol–water partition coefficient (Wildman–Crippen LogP) is 4.38. The maximum Gasteiger partial charge on any atom is 0.0469 e. The van der Waals surface area contributed by atoms with Gasteiger partial charge in [0.1, 0.15) is 0 Å². The number of rotatable bonds is 0. The second kappa shape index (κ2) is 5.36. The zero-order valence-corrected chi connectivity index (χ0v) is 13.2. The molecule has 0 saturated carbocycles. The molecule has 110 valence electrons. The number of fused-ring (bicyclic) bond motifs is 3. The van der Waals surface area contributed by atoms with Gasteiger partial charge in [0.05, 0.1) is 0 Å². The number of nitrogens with zero attached hydrogens (tertiary/aromatic N) is 1. The van der Waals surface area contributed by atoms with Crippen LogP contribution in [0.3, 0.4) is 0 Å². The van der Waals surface area contributed by atoms with Crippen LogP contribution < -0.4 is 0 Å². The Hall–Kier alpha value is -1.51. The maximum atomic E-state index is 4.44. The summed E-state index contributed by atoms with van der Waals surface area (Å²) in [5.41, 5.74) is 6.77. The molecule has 2 atom stereocenters. The molecule has 0 aliphatic carbocycles. The van der Waals surface area contributed by atoms with E-state index in [2.05, 4.69) is 53.7 Å². The van der Waals surface area contributed by atoms with Crippen LogP contribution in [0.1, 0.15) is 24.6 Å². The van der Waals surface area contributed by atoms with Gasteiger partial charge in [-0.1, -0.05) is 36.4 Å². The van der Waals surface area contributed by atoms with Crippen molar-refractivity contribution < 1.29 is 0 Å². The minimum Gasteiger partial charge on any atom is -0.355 e. The van der Waals surface area contributed by atoms with Crippen molar-refractivity contribution in [2.45, 2.75) is 19.9 Å². The third-order valence-corrected chi connectivity index (χ3v) is 4.90. The Morgan fingerprint density at radius 3 is 2.90 bits per heavy atom. The molecule has 0 spiro atoms. The molecule has 4 heterocycles. The SMILES string of the molecule is C=C1c2[nH]c3ccccc3c2CN2CCC1/C(=C/C)C2.Cl. The van der Waals surface area contributed by atoms with Gasteiger partial charge in [0, 0.05) is 35.6 Å². The Kier molecular flexibility index (Phi) is 3.68. The molecule has 0 amide bonds. The van der Waals surface area contributed by atoms with Crippen molar-refractivity contribution >= 4 is 28.9 Å². The van der Waals surface area contributed by atoms with E-state index in [1.54, 1.807) is 0 Å². The summed E-state index contributed by atoms with van der Waals surface area (Å²) >= 11 is 0. The van der Waals surface area contributed by atoms with Crippen LogP contribution in [-0.2, 0) is 6.54 Å². The number of H-pyrrole nitrogens is 1. The molecule has 1 aromatic carbocycles. The first-order valence-electron chi connectivity index (χ1n) is 7.44. The monoisotopic (exact) mass is 300 g/mol. The standard InChI is InChI=1S/C18H20N2.ClH/c1-3-13-10-20-9-8-14(13)12(2)18-16(11-20)15-6-4-5-7-17(15)19-18;/h3-7,14,19H,2,8-11H2,1H3;1H/b13-3+;. The van der Waals surface area contributed by atoms with Crippen LogP contribution in [0, 0.1) is 5.92 Å². The summed E-state index contributed by atoms with van der Waals surface area (Å²) in [6.07, 6.45) is 3.49. The van der Waals surface area contributed by atoms with Crippen molar-refractivity contribution in [1.29, 1.82) is 0 Å². The molecular weight excluding hydrogens is 280 g/mol. The molecule has 2 unspecified atom stereocenters. The van der Waals surface area contributed by atoms with Crippen LogP contribution in [0.5, 0.6) is 0 Å². The number of aromatic amines is 1. The molecule has 3 aliphatic heterocycles. The Labute approximate surface area is 131 Å². The highest BCUT2D eigenvalue weighted by Gasteiger charge is 2.31. The first-order chi connectivity index (χ1) is 9.78. The highest BCUT2D eigenvalue weighted by Crippen LogP contribution is 2.40. The number of aromatic nitrogens is 1. The molecular formula is C18H21ClN2. The molecule has 1 saturated heterocycles. The molecule has 2 aromatic rings. The van der Waals surface area contributed by atoms with E-state index in [1.807, 2.05) is 0 Å². The van der Waals surface area contributed by atoms with Gasteiger partial charge in [0.15, 0.2) is 0 Å². The van der Waals surface area contributed by atoms with E-state index >= 15 is 0 Å². The second-order valence-corrected chi connectivity index (χ2v) is 5.96. The lowest BCUT2D eigenvalue weighted by molar-refractivity contribution is 0.238. The van der Waals surface area contributed by atoms with E-state index < -0.39 is 0 Å². The normalized spacial score (nSPS) is 26.3. The van der Waals surface area contributed by atoms with Crippen molar-refractivity contribution in [3.8, 4) is 0 Å². The van der Waals surface area contributed by atoms with Crippen LogP contribution in [0.15, 0.2) is 42.5 Å². The second-order valence-electron chi connectivity index (χ2n) is 5.96. The van der Waals surface area contributed by atoms with Crippen molar-refractivity contribution in [2.75, 3.05) is 13.1 Å². The molecule has 1 fully saturated rings. The van der Waals surface area contributed by atoms with Crippen LogP contribution in [0.2, 0.25) is 0 Å². The molecule has 21 heavy (non-hydrogen) atoms. The number of hydrogen-bond acceptors (Lipinski definition) is 1. The topological polar surface area (TPSA) is 19.0 Å². The number of piperidine rings is 1. The number of para-hydroxylation sites is 1. The Balaban J connectivity index is 0.00000132. The van der Waals surface area contributed by atoms with Gasteiger partial charge >= 0.3 is 0 Å². The zero-order chi connectivity index (χ0) is 13.7. The van der Waals surface area contributed by atoms with Gasteiger partial charge in [0.2, 0.25) is 0 Å². The summed E-state index contributed by atoms with van der Waals surface area (Å²) in [6, 6.07) is 8.62. The third-order valence-electron chi connectivity index (χ3n) is 4.90. The fourth-order valence-corrected chi connectivity index (χ4v) is 3.81. The lowest BCUT2D eigenvalue weighted by atomic mass is 9.81. The zero-order valence-electron chi connectivity index (χ0n) is 12.4.